The van der Waals surface area contributed by atoms with Crippen LogP contribution < -0.4 is 16.4 Å². The highest BCUT2D eigenvalue weighted by atomic mass is 16.2. The molecule has 21 heavy (non-hydrogen) atoms. The molecule has 0 aromatic heterocycles. The van der Waals surface area contributed by atoms with Crippen molar-refractivity contribution in [2.24, 2.45) is 22.5 Å². The average Bonchev–Trinajstić information content (AvgIpc) is 2.86. The van der Waals surface area contributed by atoms with Gasteiger partial charge in [0, 0.05) is 17.4 Å². The second-order valence-corrected chi connectivity index (χ2v) is 7.56. The summed E-state index contributed by atoms with van der Waals surface area (Å²) in [6.45, 7) is 7.17. The van der Waals surface area contributed by atoms with E-state index in [-0.39, 0.29) is 0 Å². The Morgan fingerprint density at radius 3 is 2.62 bits per heavy atom. The number of carbonyl (C=O) groups excluding carboxylic acids is 1. The number of carbonyl (C=O) groups is 1. The van der Waals surface area contributed by atoms with E-state index in [0.29, 0.717) is 16.9 Å². The molecule has 2 amide bonds. The lowest BCUT2D eigenvalue weighted by molar-refractivity contribution is 0.155. The lowest BCUT2D eigenvalue weighted by atomic mass is 9.68. The monoisotopic (exact) mass is 287 g/mol. The third-order valence-electron chi connectivity index (χ3n) is 5.71. The summed E-state index contributed by atoms with van der Waals surface area (Å²) in [5.74, 6) is 0.812. The van der Waals surface area contributed by atoms with Crippen LogP contribution in [0, 0.1) is 16.7 Å². The molecule has 114 valence electrons. The van der Waals surface area contributed by atoms with Crippen LogP contribution in [-0.2, 0) is 0 Å². The largest absolute Gasteiger partial charge is 0.381 e. The van der Waals surface area contributed by atoms with Crippen molar-refractivity contribution >= 4 is 17.4 Å². The number of benzene rings is 1. The van der Waals surface area contributed by atoms with E-state index in [4.69, 9.17) is 5.73 Å². The van der Waals surface area contributed by atoms with Crippen LogP contribution in [0.3, 0.4) is 0 Å². The lowest BCUT2D eigenvalue weighted by Gasteiger charge is -2.43. The molecular weight excluding hydrogens is 262 g/mol. The minimum Gasteiger partial charge on any atom is -0.381 e. The van der Waals surface area contributed by atoms with Crippen molar-refractivity contribution < 1.29 is 4.79 Å². The second kappa shape index (κ2) is 4.65. The first-order valence-electron chi connectivity index (χ1n) is 7.74. The van der Waals surface area contributed by atoms with Crippen LogP contribution in [0.4, 0.5) is 16.2 Å². The van der Waals surface area contributed by atoms with Gasteiger partial charge in [-0.1, -0.05) is 26.8 Å². The van der Waals surface area contributed by atoms with Gasteiger partial charge >= 0.3 is 6.03 Å². The molecule has 3 rings (SSSR count). The van der Waals surface area contributed by atoms with E-state index in [2.05, 4.69) is 37.5 Å². The van der Waals surface area contributed by atoms with Crippen molar-refractivity contribution in [2.45, 2.75) is 46.1 Å². The zero-order valence-corrected chi connectivity index (χ0v) is 13.1. The summed E-state index contributed by atoms with van der Waals surface area (Å²) < 4.78 is 0. The van der Waals surface area contributed by atoms with E-state index in [1.807, 2.05) is 18.2 Å². The lowest BCUT2D eigenvalue weighted by Crippen LogP contribution is -2.45. The van der Waals surface area contributed by atoms with E-state index in [0.717, 1.165) is 17.3 Å². The first-order valence-corrected chi connectivity index (χ1v) is 7.74. The zero-order chi connectivity index (χ0) is 15.3. The van der Waals surface area contributed by atoms with Gasteiger partial charge in [-0.05, 0) is 54.2 Å². The molecule has 1 aromatic carbocycles. The smallest absolute Gasteiger partial charge is 0.316 e. The third-order valence-corrected chi connectivity index (χ3v) is 5.71. The summed E-state index contributed by atoms with van der Waals surface area (Å²) in [6.07, 6.45) is 3.97. The van der Waals surface area contributed by atoms with E-state index in [9.17, 15) is 4.79 Å². The van der Waals surface area contributed by atoms with E-state index in [1.54, 1.807) is 0 Å². The molecular formula is C17H25N3O. The molecule has 0 saturated heterocycles. The molecule has 4 N–H and O–H groups in total. The molecule has 2 bridgehead atoms. The topological polar surface area (TPSA) is 67.2 Å². The maximum atomic E-state index is 11.0. The number of hydrogen-bond acceptors (Lipinski definition) is 2. The van der Waals surface area contributed by atoms with Crippen LogP contribution in [0.1, 0.15) is 40.0 Å². The minimum absolute atomic E-state index is 0.306. The second-order valence-electron chi connectivity index (χ2n) is 7.56. The van der Waals surface area contributed by atoms with Crippen LogP contribution in [-0.4, -0.2) is 12.1 Å². The van der Waals surface area contributed by atoms with Crippen molar-refractivity contribution in [3.8, 4) is 0 Å². The average molecular weight is 287 g/mol. The van der Waals surface area contributed by atoms with Crippen molar-refractivity contribution in [1.29, 1.82) is 0 Å². The van der Waals surface area contributed by atoms with Gasteiger partial charge in [0.1, 0.15) is 0 Å². The number of anilines is 2. The fourth-order valence-corrected chi connectivity index (χ4v) is 4.66. The number of rotatable bonds is 3. The molecule has 2 aliphatic carbocycles. The summed E-state index contributed by atoms with van der Waals surface area (Å²) in [5, 5.41) is 6.36. The Morgan fingerprint density at radius 1 is 1.29 bits per heavy atom. The van der Waals surface area contributed by atoms with E-state index >= 15 is 0 Å². The number of nitrogens with one attached hydrogen (secondary N) is 2. The molecule has 4 heteroatoms. The van der Waals surface area contributed by atoms with E-state index < -0.39 is 6.03 Å². The van der Waals surface area contributed by atoms with Gasteiger partial charge in [-0.2, -0.15) is 0 Å². The molecule has 0 aliphatic heterocycles. The van der Waals surface area contributed by atoms with Crippen molar-refractivity contribution in [2.75, 3.05) is 10.6 Å². The van der Waals surface area contributed by atoms with Crippen LogP contribution in [0.15, 0.2) is 24.3 Å². The molecule has 2 aliphatic rings. The first-order chi connectivity index (χ1) is 9.81. The molecule has 1 aromatic rings. The standard InChI is InChI=1S/C17H25N3O/c1-16(2)11-7-8-17(3,10-11)14(16)19-12-5-4-6-13(9-12)20-15(18)21/h4-6,9,11,14,19H,7-8,10H2,1-3H3,(H3,18,20,21). The van der Waals surface area contributed by atoms with Gasteiger partial charge in [-0.25, -0.2) is 4.79 Å². The Hall–Kier alpha value is -1.71. The third kappa shape index (κ3) is 2.37. The van der Waals surface area contributed by atoms with E-state index in [1.165, 1.54) is 19.3 Å². The van der Waals surface area contributed by atoms with Crippen LogP contribution in [0.5, 0.6) is 0 Å². The van der Waals surface area contributed by atoms with Gasteiger partial charge in [-0.15, -0.1) is 0 Å². The molecule has 0 heterocycles. The van der Waals surface area contributed by atoms with Gasteiger partial charge in [0.2, 0.25) is 0 Å². The van der Waals surface area contributed by atoms with Gasteiger partial charge in [-0.3, -0.25) is 0 Å². The summed E-state index contributed by atoms with van der Waals surface area (Å²) in [4.78, 5) is 11.0. The minimum atomic E-state index is -0.528. The number of primary amides is 1. The maximum absolute atomic E-state index is 11.0. The molecule has 2 fully saturated rings. The van der Waals surface area contributed by atoms with Gasteiger partial charge in [0.05, 0.1) is 0 Å². The molecule has 3 atom stereocenters. The Morgan fingerprint density at radius 2 is 2.00 bits per heavy atom. The highest BCUT2D eigenvalue weighted by Crippen LogP contribution is 2.63. The number of hydrogen-bond donors (Lipinski definition) is 3. The predicted molar refractivity (Wildman–Crippen MR) is 86.3 cm³/mol. The quantitative estimate of drug-likeness (QED) is 0.791. The summed E-state index contributed by atoms with van der Waals surface area (Å²) >= 11 is 0. The zero-order valence-electron chi connectivity index (χ0n) is 13.1. The molecule has 4 nitrogen and oxygen atoms in total. The first kappa shape index (κ1) is 14.2. The number of urea groups is 1. The molecule has 2 saturated carbocycles. The SMILES string of the molecule is CC12CCC(C1)C(C)(C)C2Nc1cccc(NC(N)=O)c1. The molecule has 3 unspecified atom stereocenters. The number of fused-ring (bicyclic) bond motifs is 2. The summed E-state index contributed by atoms with van der Waals surface area (Å²) in [5.41, 5.74) is 7.65. The fraction of sp³-hybridized carbons (Fsp3) is 0.588. The molecule has 0 radical (unpaired) electrons. The Kier molecular flexibility index (Phi) is 3.15. The molecule has 0 spiro atoms. The Labute approximate surface area is 126 Å². The van der Waals surface area contributed by atoms with Crippen molar-refractivity contribution in [1.82, 2.24) is 0 Å². The van der Waals surface area contributed by atoms with Gasteiger partial charge < -0.3 is 16.4 Å². The van der Waals surface area contributed by atoms with Crippen LogP contribution in [0.2, 0.25) is 0 Å². The number of nitrogens with two attached hydrogens (primary N) is 1. The maximum Gasteiger partial charge on any atom is 0.316 e. The van der Waals surface area contributed by atoms with Crippen LogP contribution >= 0.6 is 0 Å². The Balaban J connectivity index is 1.82. The van der Waals surface area contributed by atoms with Crippen molar-refractivity contribution in [3.63, 3.8) is 0 Å². The Bertz CT molecular complexity index is 564. The van der Waals surface area contributed by atoms with Crippen LogP contribution in [0.25, 0.3) is 0 Å². The summed E-state index contributed by atoms with van der Waals surface area (Å²) in [6, 6.07) is 7.74. The highest BCUT2D eigenvalue weighted by molar-refractivity contribution is 5.88. The highest BCUT2D eigenvalue weighted by Gasteiger charge is 2.59. The fourth-order valence-electron chi connectivity index (χ4n) is 4.66. The van der Waals surface area contributed by atoms with Gasteiger partial charge in [0.25, 0.3) is 0 Å². The predicted octanol–water partition coefficient (Wildman–Crippen LogP) is 3.80. The normalized spacial score (nSPS) is 32.9. The summed E-state index contributed by atoms with van der Waals surface area (Å²) in [7, 11) is 0. The van der Waals surface area contributed by atoms with Gasteiger partial charge in [0.15, 0.2) is 0 Å². The van der Waals surface area contributed by atoms with Crippen molar-refractivity contribution in [3.05, 3.63) is 24.3 Å². The number of amides is 2.